The summed E-state index contributed by atoms with van der Waals surface area (Å²) in [6.45, 7) is 1.71. The van der Waals surface area contributed by atoms with Gasteiger partial charge in [0, 0.05) is 6.07 Å². The first-order valence-corrected chi connectivity index (χ1v) is 7.78. The van der Waals surface area contributed by atoms with Crippen molar-refractivity contribution in [3.05, 3.63) is 28.3 Å². The highest BCUT2D eigenvalue weighted by molar-refractivity contribution is 7.89. The van der Waals surface area contributed by atoms with E-state index in [1.807, 2.05) is 4.72 Å². The summed E-state index contributed by atoms with van der Waals surface area (Å²) in [6.07, 6.45) is 0.565. The van der Waals surface area contributed by atoms with Crippen LogP contribution in [0.4, 0.5) is 5.69 Å². The molecule has 0 fully saturated rings. The van der Waals surface area contributed by atoms with Crippen molar-refractivity contribution in [2.75, 3.05) is 7.11 Å². The number of nitrogens with one attached hydrogen (secondary N) is 1. The van der Waals surface area contributed by atoms with Gasteiger partial charge in [-0.3, -0.25) is 14.9 Å². The molecule has 2 N–H and O–H groups in total. The van der Waals surface area contributed by atoms with E-state index in [0.717, 1.165) is 18.2 Å². The number of aliphatic carboxylic acids is 1. The van der Waals surface area contributed by atoms with E-state index in [1.54, 1.807) is 6.92 Å². The minimum absolute atomic E-state index is 0.0905. The van der Waals surface area contributed by atoms with Crippen LogP contribution < -0.4 is 9.46 Å². The van der Waals surface area contributed by atoms with Crippen LogP contribution in [0.1, 0.15) is 19.8 Å². The summed E-state index contributed by atoms with van der Waals surface area (Å²) in [5.74, 6) is -1.40. The van der Waals surface area contributed by atoms with E-state index in [0.29, 0.717) is 6.42 Å². The van der Waals surface area contributed by atoms with Gasteiger partial charge in [0.05, 0.1) is 16.9 Å². The molecule has 1 aromatic rings. The number of sulfonamides is 1. The first-order chi connectivity index (χ1) is 10.2. The molecule has 0 radical (unpaired) electrons. The van der Waals surface area contributed by atoms with Crippen LogP contribution in [0.15, 0.2) is 23.1 Å². The lowest BCUT2D eigenvalue weighted by Crippen LogP contribution is -2.40. The smallest absolute Gasteiger partial charge is 0.321 e. The summed E-state index contributed by atoms with van der Waals surface area (Å²) in [5, 5.41) is 19.9. The van der Waals surface area contributed by atoms with E-state index in [2.05, 4.69) is 0 Å². The van der Waals surface area contributed by atoms with Crippen molar-refractivity contribution >= 4 is 21.7 Å². The van der Waals surface area contributed by atoms with Crippen LogP contribution in [0.3, 0.4) is 0 Å². The van der Waals surface area contributed by atoms with Gasteiger partial charge in [-0.1, -0.05) is 13.3 Å². The number of carbonyl (C=O) groups is 1. The quantitative estimate of drug-likeness (QED) is 0.538. The van der Waals surface area contributed by atoms with Crippen LogP contribution in [0.2, 0.25) is 0 Å². The largest absolute Gasteiger partial charge is 0.490 e. The summed E-state index contributed by atoms with van der Waals surface area (Å²) < 4.78 is 31.1. The molecule has 10 heteroatoms. The SMILES string of the molecule is CCCC(NS(=O)(=O)c1ccc(OC)c([N+](=O)[O-])c1)C(=O)O. The van der Waals surface area contributed by atoms with Crippen molar-refractivity contribution in [3.63, 3.8) is 0 Å². The molecule has 0 saturated heterocycles. The molecule has 0 aromatic heterocycles. The Morgan fingerprint density at radius 1 is 1.50 bits per heavy atom. The predicted octanol–water partition coefficient (Wildman–Crippen LogP) is 1.13. The number of nitro groups is 1. The number of benzene rings is 1. The predicted molar refractivity (Wildman–Crippen MR) is 76.3 cm³/mol. The van der Waals surface area contributed by atoms with Crippen molar-refractivity contribution in [1.82, 2.24) is 4.72 Å². The number of nitro benzene ring substituents is 1. The number of carboxylic acids is 1. The fourth-order valence-electron chi connectivity index (χ4n) is 1.76. The van der Waals surface area contributed by atoms with Gasteiger partial charge < -0.3 is 9.84 Å². The van der Waals surface area contributed by atoms with Crippen LogP contribution in [0, 0.1) is 10.1 Å². The standard InChI is InChI=1S/C12H16N2O7S/c1-3-4-9(12(15)16)13-22(19,20)8-5-6-11(21-2)10(7-8)14(17)18/h5-7,9,13H,3-4H2,1-2H3,(H,15,16). The Balaban J connectivity index is 3.20. The summed E-state index contributed by atoms with van der Waals surface area (Å²) in [6, 6.07) is 1.78. The van der Waals surface area contributed by atoms with Crippen molar-refractivity contribution in [1.29, 1.82) is 0 Å². The minimum Gasteiger partial charge on any atom is -0.490 e. The average molecular weight is 332 g/mol. The lowest BCUT2D eigenvalue weighted by atomic mass is 10.2. The first kappa shape index (κ1) is 17.9. The molecule has 22 heavy (non-hydrogen) atoms. The molecule has 0 amide bonds. The Kier molecular flexibility index (Phi) is 5.83. The van der Waals surface area contributed by atoms with Crippen LogP contribution >= 0.6 is 0 Å². The zero-order chi connectivity index (χ0) is 16.9. The summed E-state index contributed by atoms with van der Waals surface area (Å²) >= 11 is 0. The maximum atomic E-state index is 12.2. The summed E-state index contributed by atoms with van der Waals surface area (Å²) in [5.41, 5.74) is -0.521. The molecule has 1 aromatic carbocycles. The van der Waals surface area contributed by atoms with Gasteiger partial charge >= 0.3 is 11.7 Å². The second-order valence-electron chi connectivity index (χ2n) is 4.39. The van der Waals surface area contributed by atoms with Crippen LogP contribution in [-0.4, -0.2) is 37.6 Å². The molecule has 0 bridgehead atoms. The number of hydrogen-bond donors (Lipinski definition) is 2. The zero-order valence-corrected chi connectivity index (χ0v) is 12.8. The third-order valence-corrected chi connectivity index (χ3v) is 4.30. The molecule has 1 atom stereocenters. The van der Waals surface area contributed by atoms with Gasteiger partial charge in [0.15, 0.2) is 5.75 Å². The molecule has 0 aliphatic heterocycles. The highest BCUT2D eigenvalue weighted by Crippen LogP contribution is 2.29. The Morgan fingerprint density at radius 3 is 2.59 bits per heavy atom. The molecule has 0 saturated carbocycles. The second-order valence-corrected chi connectivity index (χ2v) is 6.11. The van der Waals surface area contributed by atoms with Gasteiger partial charge in [-0.25, -0.2) is 8.42 Å². The second kappa shape index (κ2) is 7.18. The Bertz CT molecular complexity index is 672. The molecule has 0 spiro atoms. The van der Waals surface area contributed by atoms with Crippen molar-refractivity contribution < 1.29 is 28.0 Å². The van der Waals surface area contributed by atoms with Crippen LogP contribution in [0.5, 0.6) is 5.75 Å². The molecule has 1 unspecified atom stereocenters. The van der Waals surface area contributed by atoms with E-state index in [-0.39, 0.29) is 12.2 Å². The van der Waals surface area contributed by atoms with Crippen molar-refractivity contribution in [2.45, 2.75) is 30.7 Å². The lowest BCUT2D eigenvalue weighted by molar-refractivity contribution is -0.386. The highest BCUT2D eigenvalue weighted by Gasteiger charge is 2.27. The Hall–Kier alpha value is -2.20. The molecule has 122 valence electrons. The fourth-order valence-corrected chi connectivity index (χ4v) is 3.00. The average Bonchev–Trinajstić information content (AvgIpc) is 2.45. The van der Waals surface area contributed by atoms with Gasteiger partial charge in [0.25, 0.3) is 0 Å². The van der Waals surface area contributed by atoms with Crippen LogP contribution in [-0.2, 0) is 14.8 Å². The van der Waals surface area contributed by atoms with Gasteiger partial charge in [0.1, 0.15) is 6.04 Å². The number of methoxy groups -OCH3 is 1. The number of carboxylic acid groups (broad SMARTS) is 1. The fraction of sp³-hybridized carbons (Fsp3) is 0.417. The number of rotatable bonds is 8. The van der Waals surface area contributed by atoms with E-state index in [1.165, 1.54) is 7.11 Å². The topological polar surface area (TPSA) is 136 Å². The third kappa shape index (κ3) is 4.15. The molecule has 0 aliphatic carbocycles. The van der Waals surface area contributed by atoms with Gasteiger partial charge in [-0.15, -0.1) is 0 Å². The van der Waals surface area contributed by atoms with E-state index >= 15 is 0 Å². The molecule has 9 nitrogen and oxygen atoms in total. The zero-order valence-electron chi connectivity index (χ0n) is 12.0. The third-order valence-electron chi connectivity index (χ3n) is 2.83. The number of nitrogens with zero attached hydrogens (tertiary/aromatic N) is 1. The molecule has 0 heterocycles. The van der Waals surface area contributed by atoms with Crippen LogP contribution in [0.25, 0.3) is 0 Å². The monoisotopic (exact) mass is 332 g/mol. The molecular formula is C12H16N2O7S. The van der Waals surface area contributed by atoms with Gasteiger partial charge in [-0.05, 0) is 18.6 Å². The summed E-state index contributed by atoms with van der Waals surface area (Å²) in [4.78, 5) is 20.7. The lowest BCUT2D eigenvalue weighted by Gasteiger charge is -2.14. The van der Waals surface area contributed by atoms with Crippen molar-refractivity contribution in [3.8, 4) is 5.75 Å². The maximum absolute atomic E-state index is 12.2. The molecule has 1 rings (SSSR count). The van der Waals surface area contributed by atoms with Crippen molar-refractivity contribution in [2.24, 2.45) is 0 Å². The normalized spacial score (nSPS) is 12.6. The van der Waals surface area contributed by atoms with E-state index in [4.69, 9.17) is 9.84 Å². The Labute approximate surface area is 127 Å². The van der Waals surface area contributed by atoms with E-state index in [9.17, 15) is 23.3 Å². The van der Waals surface area contributed by atoms with Gasteiger partial charge in [-0.2, -0.15) is 4.72 Å². The minimum atomic E-state index is -4.20. The number of ether oxygens (including phenoxy) is 1. The maximum Gasteiger partial charge on any atom is 0.321 e. The first-order valence-electron chi connectivity index (χ1n) is 6.30. The highest BCUT2D eigenvalue weighted by atomic mass is 32.2. The van der Waals surface area contributed by atoms with E-state index < -0.39 is 37.5 Å². The van der Waals surface area contributed by atoms with Gasteiger partial charge in [0.2, 0.25) is 10.0 Å². The Morgan fingerprint density at radius 2 is 2.14 bits per heavy atom. The molecular weight excluding hydrogens is 316 g/mol. The summed E-state index contributed by atoms with van der Waals surface area (Å²) in [7, 11) is -2.98. The molecule has 0 aliphatic rings. The number of hydrogen-bond acceptors (Lipinski definition) is 6.